The fraction of sp³-hybridized carbons (Fsp3) is 0.450. The summed E-state index contributed by atoms with van der Waals surface area (Å²) in [5.41, 5.74) is 2.72. The van der Waals surface area contributed by atoms with Crippen molar-refractivity contribution in [1.82, 2.24) is 5.32 Å². The van der Waals surface area contributed by atoms with Crippen molar-refractivity contribution in [2.45, 2.75) is 52.1 Å². The number of aliphatic carboxylic acids is 1. The second-order valence-electron chi connectivity index (χ2n) is 6.81. The molecule has 27 heavy (non-hydrogen) atoms. The zero-order chi connectivity index (χ0) is 19.6. The smallest absolute Gasteiger partial charge is 0.339 e. The Morgan fingerprint density at radius 2 is 2.04 bits per heavy atom. The molecule has 2 N–H and O–H groups in total. The van der Waals surface area contributed by atoms with Crippen molar-refractivity contribution >= 4 is 22.8 Å². The van der Waals surface area contributed by atoms with E-state index in [0.717, 1.165) is 35.8 Å². The average Bonchev–Trinajstić information content (AvgIpc) is 3.12. The molecule has 1 amide bonds. The van der Waals surface area contributed by atoms with E-state index >= 15 is 0 Å². The van der Waals surface area contributed by atoms with Crippen LogP contribution in [0.3, 0.4) is 0 Å². The number of carbonyl (C=O) groups is 2. The molecule has 0 bridgehead atoms. The van der Waals surface area contributed by atoms with Gasteiger partial charge in [0, 0.05) is 29.5 Å². The predicted octanol–water partition coefficient (Wildman–Crippen LogP) is 2.34. The largest absolute Gasteiger partial charge is 0.481 e. The van der Waals surface area contributed by atoms with E-state index in [1.165, 1.54) is 0 Å². The summed E-state index contributed by atoms with van der Waals surface area (Å²) in [6.45, 7) is 3.70. The van der Waals surface area contributed by atoms with E-state index < -0.39 is 12.1 Å². The molecular formula is C20H23NO6. The number of amides is 1. The maximum Gasteiger partial charge on any atom is 0.339 e. The second kappa shape index (κ2) is 7.82. The second-order valence-corrected chi connectivity index (χ2v) is 6.81. The van der Waals surface area contributed by atoms with Crippen LogP contribution in [0.25, 0.3) is 11.0 Å². The van der Waals surface area contributed by atoms with Crippen LogP contribution in [0.5, 0.6) is 5.75 Å². The first-order valence-corrected chi connectivity index (χ1v) is 9.12. The number of carboxylic acids is 1. The quantitative estimate of drug-likeness (QED) is 0.570. The SMILES string of the molecule is Cc1c(O[C@H](C)C(=O)NCCCC(=O)O)ccc2c3c(c(=O)oc12)CCC3. The summed E-state index contributed by atoms with van der Waals surface area (Å²) in [4.78, 5) is 34.8. The van der Waals surface area contributed by atoms with Crippen molar-refractivity contribution in [3.63, 3.8) is 0 Å². The lowest BCUT2D eigenvalue weighted by Gasteiger charge is -2.17. The Labute approximate surface area is 156 Å². The van der Waals surface area contributed by atoms with Gasteiger partial charge in [-0.25, -0.2) is 4.79 Å². The standard InChI is InChI=1S/C20H23NO6/c1-11-16(26-12(2)19(24)21-10-4-7-17(22)23)9-8-14-13-5-3-6-15(13)20(25)27-18(11)14/h8-9,12H,3-7,10H2,1-2H3,(H,21,24)(H,22,23)/t12-/m1/s1. The van der Waals surface area contributed by atoms with E-state index in [2.05, 4.69) is 5.32 Å². The molecule has 0 radical (unpaired) electrons. The van der Waals surface area contributed by atoms with Crippen molar-refractivity contribution in [1.29, 1.82) is 0 Å². The van der Waals surface area contributed by atoms with Crippen LogP contribution >= 0.6 is 0 Å². The molecule has 1 aliphatic carbocycles. The predicted molar refractivity (Wildman–Crippen MR) is 99.2 cm³/mol. The third-order valence-electron chi connectivity index (χ3n) is 4.88. The van der Waals surface area contributed by atoms with Gasteiger partial charge in [-0.15, -0.1) is 0 Å². The minimum absolute atomic E-state index is 0.00263. The van der Waals surface area contributed by atoms with Crippen LogP contribution in [0.1, 0.15) is 42.9 Å². The van der Waals surface area contributed by atoms with Crippen molar-refractivity contribution < 1.29 is 23.8 Å². The third kappa shape index (κ3) is 3.97. The molecule has 2 aromatic rings. The Kier molecular flexibility index (Phi) is 5.48. The lowest BCUT2D eigenvalue weighted by atomic mass is 10.0. The molecule has 1 aromatic carbocycles. The molecule has 7 heteroatoms. The summed E-state index contributed by atoms with van der Waals surface area (Å²) in [5, 5.41) is 12.2. The number of hydrogen-bond acceptors (Lipinski definition) is 5. The monoisotopic (exact) mass is 373 g/mol. The number of benzene rings is 1. The first kappa shape index (κ1) is 18.9. The van der Waals surface area contributed by atoms with Crippen molar-refractivity contribution in [2.75, 3.05) is 6.54 Å². The third-order valence-corrected chi connectivity index (χ3v) is 4.88. The van der Waals surface area contributed by atoms with Gasteiger partial charge in [-0.3, -0.25) is 9.59 Å². The first-order chi connectivity index (χ1) is 12.9. The van der Waals surface area contributed by atoms with Crippen molar-refractivity contribution in [3.8, 4) is 5.75 Å². The maximum atomic E-state index is 12.2. The molecule has 7 nitrogen and oxygen atoms in total. The van der Waals surface area contributed by atoms with Gasteiger partial charge in [0.15, 0.2) is 6.10 Å². The van der Waals surface area contributed by atoms with Crippen molar-refractivity contribution in [2.24, 2.45) is 0 Å². The van der Waals surface area contributed by atoms with Gasteiger partial charge >= 0.3 is 11.6 Å². The molecule has 0 spiro atoms. The van der Waals surface area contributed by atoms with Crippen LogP contribution in [0.4, 0.5) is 0 Å². The summed E-state index contributed by atoms with van der Waals surface area (Å²) < 4.78 is 11.3. The zero-order valence-corrected chi connectivity index (χ0v) is 15.5. The van der Waals surface area contributed by atoms with E-state index in [-0.39, 0.29) is 24.5 Å². The zero-order valence-electron chi connectivity index (χ0n) is 15.5. The highest BCUT2D eigenvalue weighted by atomic mass is 16.5. The van der Waals surface area contributed by atoms with E-state index in [0.29, 0.717) is 23.3 Å². The van der Waals surface area contributed by atoms with Crippen LogP contribution in [-0.2, 0) is 22.4 Å². The Hall–Kier alpha value is -2.83. The molecule has 0 fully saturated rings. The summed E-state index contributed by atoms with van der Waals surface area (Å²) in [6.07, 6.45) is 2.18. The van der Waals surface area contributed by atoms with Gasteiger partial charge < -0.3 is 19.6 Å². The number of ether oxygens (including phenoxy) is 1. The molecule has 0 aliphatic heterocycles. The van der Waals surface area contributed by atoms with Crippen LogP contribution in [0.2, 0.25) is 0 Å². The fourth-order valence-corrected chi connectivity index (χ4v) is 3.43. The normalized spacial score (nSPS) is 14.0. The molecule has 1 atom stereocenters. The highest BCUT2D eigenvalue weighted by Gasteiger charge is 2.22. The van der Waals surface area contributed by atoms with Gasteiger partial charge in [-0.05, 0) is 57.2 Å². The molecule has 144 valence electrons. The number of aryl methyl sites for hydroxylation is 2. The van der Waals surface area contributed by atoms with Crippen molar-refractivity contribution in [3.05, 3.63) is 39.2 Å². The lowest BCUT2D eigenvalue weighted by molar-refractivity contribution is -0.137. The maximum absolute atomic E-state index is 12.2. The summed E-state index contributed by atoms with van der Waals surface area (Å²) in [5.74, 6) is -0.736. The minimum Gasteiger partial charge on any atom is -0.481 e. The summed E-state index contributed by atoms with van der Waals surface area (Å²) >= 11 is 0. The number of hydrogen-bond donors (Lipinski definition) is 2. The van der Waals surface area contributed by atoms with Crippen LogP contribution in [0, 0.1) is 6.92 Å². The number of carboxylic acid groups (broad SMARTS) is 1. The topological polar surface area (TPSA) is 106 Å². The Balaban J connectivity index is 1.74. The number of nitrogens with one attached hydrogen (secondary N) is 1. The van der Waals surface area contributed by atoms with Gasteiger partial charge in [0.2, 0.25) is 0 Å². The van der Waals surface area contributed by atoms with Gasteiger partial charge in [0.1, 0.15) is 11.3 Å². The summed E-state index contributed by atoms with van der Waals surface area (Å²) in [6, 6.07) is 3.67. The molecule has 1 aromatic heterocycles. The van der Waals surface area contributed by atoms with E-state index in [4.69, 9.17) is 14.3 Å². The van der Waals surface area contributed by atoms with Crippen LogP contribution < -0.4 is 15.7 Å². The van der Waals surface area contributed by atoms with Crippen LogP contribution in [-0.4, -0.2) is 29.6 Å². The Morgan fingerprint density at radius 3 is 2.78 bits per heavy atom. The molecule has 3 rings (SSSR count). The minimum atomic E-state index is -0.895. The Bertz CT molecular complexity index is 946. The average molecular weight is 373 g/mol. The lowest BCUT2D eigenvalue weighted by Crippen LogP contribution is -2.37. The fourth-order valence-electron chi connectivity index (χ4n) is 3.43. The first-order valence-electron chi connectivity index (χ1n) is 9.12. The molecule has 0 unspecified atom stereocenters. The molecule has 0 saturated heterocycles. The molecule has 1 aliphatic rings. The highest BCUT2D eigenvalue weighted by molar-refractivity contribution is 5.86. The van der Waals surface area contributed by atoms with Gasteiger partial charge in [0.05, 0.1) is 0 Å². The number of rotatable bonds is 7. The molecule has 1 heterocycles. The molecular weight excluding hydrogens is 350 g/mol. The van der Waals surface area contributed by atoms with Gasteiger partial charge in [0.25, 0.3) is 5.91 Å². The summed E-state index contributed by atoms with van der Waals surface area (Å²) in [7, 11) is 0. The number of fused-ring (bicyclic) bond motifs is 3. The van der Waals surface area contributed by atoms with Gasteiger partial charge in [-0.1, -0.05) is 0 Å². The highest BCUT2D eigenvalue weighted by Crippen LogP contribution is 2.33. The number of carbonyl (C=O) groups excluding carboxylic acids is 1. The molecule has 0 saturated carbocycles. The van der Waals surface area contributed by atoms with Gasteiger partial charge in [-0.2, -0.15) is 0 Å². The van der Waals surface area contributed by atoms with E-state index in [1.54, 1.807) is 19.9 Å². The Morgan fingerprint density at radius 1 is 1.30 bits per heavy atom. The van der Waals surface area contributed by atoms with E-state index in [1.807, 2.05) is 6.07 Å². The van der Waals surface area contributed by atoms with E-state index in [9.17, 15) is 14.4 Å². The van der Waals surface area contributed by atoms with Crippen LogP contribution in [0.15, 0.2) is 21.3 Å².